The lowest BCUT2D eigenvalue weighted by Crippen LogP contribution is -2.00. The normalized spacial score (nSPS) is 31.8. The molecule has 2 unspecified atom stereocenters. The first-order chi connectivity index (χ1) is 6.33. The van der Waals surface area contributed by atoms with Crippen LogP contribution in [-0.2, 0) is 0 Å². The van der Waals surface area contributed by atoms with Crippen molar-refractivity contribution in [2.45, 2.75) is 38.1 Å². The molecule has 4 heteroatoms. The summed E-state index contributed by atoms with van der Waals surface area (Å²) in [6.07, 6.45) is 3.68. The smallest absolute Gasteiger partial charge is 0.321 e. The van der Waals surface area contributed by atoms with E-state index in [0.717, 1.165) is 11.7 Å². The average molecular weight is 179 g/mol. The number of anilines is 1. The minimum atomic E-state index is 0.554. The lowest BCUT2D eigenvalue weighted by Gasteiger charge is -1.92. The summed E-state index contributed by atoms with van der Waals surface area (Å²) in [5, 5.41) is 7.15. The lowest BCUT2D eigenvalue weighted by molar-refractivity contribution is 0.421. The molecule has 70 valence electrons. The van der Waals surface area contributed by atoms with Crippen LogP contribution in [0.1, 0.15) is 37.9 Å². The standard InChI is InChI=1S/C9H13N3O/c1-5-4-7(5)8-11-9(13-12-8)10-6-2-3-6/h5-7H,2-4H2,1H3,(H,10,11,12). The Balaban J connectivity index is 1.70. The highest BCUT2D eigenvalue weighted by molar-refractivity contribution is 5.25. The zero-order chi connectivity index (χ0) is 8.84. The number of rotatable bonds is 3. The topological polar surface area (TPSA) is 51.0 Å². The van der Waals surface area contributed by atoms with E-state index in [2.05, 4.69) is 22.4 Å². The number of hydrogen-bond acceptors (Lipinski definition) is 4. The van der Waals surface area contributed by atoms with Crippen molar-refractivity contribution in [1.82, 2.24) is 10.1 Å². The summed E-state index contributed by atoms with van der Waals surface area (Å²) in [5.74, 6) is 2.18. The number of nitrogens with one attached hydrogen (secondary N) is 1. The molecule has 0 spiro atoms. The Kier molecular flexibility index (Phi) is 1.39. The molecule has 1 heterocycles. The zero-order valence-electron chi connectivity index (χ0n) is 7.66. The van der Waals surface area contributed by atoms with Gasteiger partial charge in [0.1, 0.15) is 0 Å². The maximum Gasteiger partial charge on any atom is 0.321 e. The number of nitrogens with zero attached hydrogens (tertiary/aromatic N) is 2. The van der Waals surface area contributed by atoms with E-state index in [-0.39, 0.29) is 0 Å². The van der Waals surface area contributed by atoms with Gasteiger partial charge in [-0.3, -0.25) is 0 Å². The molecule has 2 saturated carbocycles. The molecule has 13 heavy (non-hydrogen) atoms. The Morgan fingerprint density at radius 1 is 1.46 bits per heavy atom. The molecule has 1 aromatic rings. The van der Waals surface area contributed by atoms with Crippen molar-refractivity contribution in [2.24, 2.45) is 5.92 Å². The van der Waals surface area contributed by atoms with Crippen LogP contribution < -0.4 is 5.32 Å². The summed E-state index contributed by atoms with van der Waals surface area (Å²) >= 11 is 0. The van der Waals surface area contributed by atoms with E-state index in [0.29, 0.717) is 18.0 Å². The molecule has 0 aromatic carbocycles. The monoisotopic (exact) mass is 179 g/mol. The molecule has 0 saturated heterocycles. The summed E-state index contributed by atoms with van der Waals surface area (Å²) in [4.78, 5) is 4.31. The van der Waals surface area contributed by atoms with Crippen molar-refractivity contribution in [3.63, 3.8) is 0 Å². The molecular formula is C9H13N3O. The average Bonchev–Trinajstić information content (AvgIpc) is 2.97. The van der Waals surface area contributed by atoms with Crippen LogP contribution in [0.5, 0.6) is 0 Å². The predicted molar refractivity (Wildman–Crippen MR) is 47.5 cm³/mol. The fraction of sp³-hybridized carbons (Fsp3) is 0.778. The fourth-order valence-corrected chi connectivity index (χ4v) is 1.53. The lowest BCUT2D eigenvalue weighted by atomic mass is 10.3. The van der Waals surface area contributed by atoms with Crippen LogP contribution in [0, 0.1) is 5.92 Å². The Hall–Kier alpha value is -1.06. The molecule has 1 N–H and O–H groups in total. The third-order valence-electron chi connectivity index (χ3n) is 2.79. The summed E-state index contributed by atoms with van der Waals surface area (Å²) in [6.45, 7) is 2.22. The van der Waals surface area contributed by atoms with Gasteiger partial charge in [0.05, 0.1) is 0 Å². The van der Waals surface area contributed by atoms with Crippen molar-refractivity contribution >= 4 is 6.01 Å². The summed E-state index contributed by atoms with van der Waals surface area (Å²) in [6, 6.07) is 1.20. The molecule has 2 atom stereocenters. The Morgan fingerprint density at radius 2 is 2.23 bits per heavy atom. The quantitative estimate of drug-likeness (QED) is 0.768. The molecule has 0 aliphatic heterocycles. The minimum absolute atomic E-state index is 0.554. The Labute approximate surface area is 76.7 Å². The van der Waals surface area contributed by atoms with Gasteiger partial charge in [0, 0.05) is 12.0 Å². The first kappa shape index (κ1) is 7.35. The molecular weight excluding hydrogens is 166 g/mol. The van der Waals surface area contributed by atoms with Crippen LogP contribution in [0.4, 0.5) is 6.01 Å². The predicted octanol–water partition coefficient (Wildman–Crippen LogP) is 1.77. The van der Waals surface area contributed by atoms with Gasteiger partial charge in [-0.1, -0.05) is 12.1 Å². The van der Waals surface area contributed by atoms with Crippen LogP contribution in [0.3, 0.4) is 0 Å². The van der Waals surface area contributed by atoms with Gasteiger partial charge in [-0.15, -0.1) is 0 Å². The van der Waals surface area contributed by atoms with Crippen LogP contribution in [0.25, 0.3) is 0 Å². The van der Waals surface area contributed by atoms with Gasteiger partial charge in [-0.05, 0) is 25.2 Å². The second-order valence-corrected chi connectivity index (χ2v) is 4.20. The van der Waals surface area contributed by atoms with Gasteiger partial charge in [-0.25, -0.2) is 0 Å². The molecule has 0 radical (unpaired) electrons. The largest absolute Gasteiger partial charge is 0.335 e. The fourth-order valence-electron chi connectivity index (χ4n) is 1.53. The summed E-state index contributed by atoms with van der Waals surface area (Å²) < 4.78 is 5.09. The molecule has 2 aliphatic rings. The summed E-state index contributed by atoms with van der Waals surface area (Å²) in [5.41, 5.74) is 0. The summed E-state index contributed by atoms with van der Waals surface area (Å²) in [7, 11) is 0. The molecule has 3 rings (SSSR count). The zero-order valence-corrected chi connectivity index (χ0v) is 7.66. The van der Waals surface area contributed by atoms with E-state index in [1.807, 2.05) is 0 Å². The highest BCUT2D eigenvalue weighted by atomic mass is 16.5. The van der Waals surface area contributed by atoms with Gasteiger partial charge in [0.15, 0.2) is 5.82 Å². The molecule has 0 amide bonds. The number of aromatic nitrogens is 2. The first-order valence-corrected chi connectivity index (χ1v) is 4.93. The molecule has 2 fully saturated rings. The second kappa shape index (κ2) is 2.47. The van der Waals surface area contributed by atoms with Gasteiger partial charge >= 0.3 is 6.01 Å². The third kappa shape index (κ3) is 1.41. The van der Waals surface area contributed by atoms with E-state index >= 15 is 0 Å². The van der Waals surface area contributed by atoms with Crippen molar-refractivity contribution in [2.75, 3.05) is 5.32 Å². The van der Waals surface area contributed by atoms with Crippen molar-refractivity contribution in [3.05, 3.63) is 5.82 Å². The SMILES string of the molecule is CC1CC1c1noc(NC2CC2)n1. The van der Waals surface area contributed by atoms with E-state index in [4.69, 9.17) is 4.52 Å². The van der Waals surface area contributed by atoms with E-state index < -0.39 is 0 Å². The van der Waals surface area contributed by atoms with Gasteiger partial charge in [0.2, 0.25) is 0 Å². The van der Waals surface area contributed by atoms with Gasteiger partial charge < -0.3 is 9.84 Å². The van der Waals surface area contributed by atoms with Crippen molar-refractivity contribution in [3.8, 4) is 0 Å². The van der Waals surface area contributed by atoms with Gasteiger partial charge in [0.25, 0.3) is 0 Å². The highest BCUT2D eigenvalue weighted by Gasteiger charge is 2.38. The maximum atomic E-state index is 5.09. The Morgan fingerprint density at radius 3 is 2.85 bits per heavy atom. The minimum Gasteiger partial charge on any atom is -0.335 e. The van der Waals surface area contributed by atoms with E-state index in [9.17, 15) is 0 Å². The van der Waals surface area contributed by atoms with Gasteiger partial charge in [-0.2, -0.15) is 4.98 Å². The number of hydrogen-bond donors (Lipinski definition) is 1. The third-order valence-corrected chi connectivity index (χ3v) is 2.79. The van der Waals surface area contributed by atoms with Crippen LogP contribution in [0.2, 0.25) is 0 Å². The second-order valence-electron chi connectivity index (χ2n) is 4.20. The highest BCUT2D eigenvalue weighted by Crippen LogP contribution is 2.45. The molecule has 4 nitrogen and oxygen atoms in total. The van der Waals surface area contributed by atoms with E-state index in [1.54, 1.807) is 0 Å². The van der Waals surface area contributed by atoms with Crippen molar-refractivity contribution in [1.29, 1.82) is 0 Å². The van der Waals surface area contributed by atoms with Crippen LogP contribution in [-0.4, -0.2) is 16.2 Å². The molecule has 1 aromatic heterocycles. The van der Waals surface area contributed by atoms with Crippen molar-refractivity contribution < 1.29 is 4.52 Å². The van der Waals surface area contributed by atoms with E-state index in [1.165, 1.54) is 19.3 Å². The molecule has 0 bridgehead atoms. The van der Waals surface area contributed by atoms with Crippen LogP contribution >= 0.6 is 0 Å². The Bertz CT molecular complexity index is 318. The maximum absolute atomic E-state index is 5.09. The molecule has 2 aliphatic carbocycles. The van der Waals surface area contributed by atoms with Crippen LogP contribution in [0.15, 0.2) is 4.52 Å². The first-order valence-electron chi connectivity index (χ1n) is 4.93.